The largest absolute Gasteiger partial charge is 0.481 e. The first-order chi connectivity index (χ1) is 7.79. The number of piperidine rings is 2. The van der Waals surface area contributed by atoms with Crippen molar-refractivity contribution in [2.45, 2.75) is 31.5 Å². The van der Waals surface area contributed by atoms with Gasteiger partial charge in [-0.15, -0.1) is 0 Å². The Bertz CT molecular complexity index is 349. The van der Waals surface area contributed by atoms with Gasteiger partial charge in [-0.05, 0) is 24.7 Å². The molecule has 1 aliphatic carbocycles. The molecule has 2 saturated heterocycles. The molecule has 2 aliphatic heterocycles. The van der Waals surface area contributed by atoms with E-state index in [-0.39, 0.29) is 30.8 Å². The summed E-state index contributed by atoms with van der Waals surface area (Å²) in [7, 11) is 0. The van der Waals surface area contributed by atoms with E-state index in [4.69, 9.17) is 5.11 Å². The van der Waals surface area contributed by atoms with Gasteiger partial charge in [0.2, 0.25) is 0 Å². The van der Waals surface area contributed by atoms with Crippen LogP contribution in [0.3, 0.4) is 0 Å². The summed E-state index contributed by atoms with van der Waals surface area (Å²) in [5, 5.41) is 8.66. The highest BCUT2D eigenvalue weighted by atomic mass is 19.4. The Labute approximate surface area is 95.4 Å². The summed E-state index contributed by atoms with van der Waals surface area (Å²) in [5.74, 6) is -3.05. The van der Waals surface area contributed by atoms with Crippen LogP contribution >= 0.6 is 0 Å². The molecule has 96 valence electrons. The van der Waals surface area contributed by atoms with Crippen molar-refractivity contribution in [2.75, 3.05) is 6.54 Å². The van der Waals surface area contributed by atoms with Crippen LogP contribution in [-0.2, 0) is 9.59 Å². The number of rotatable bonds is 2. The Kier molecular flexibility index (Phi) is 2.79. The fraction of sp³-hybridized carbons (Fsp3) is 0.800. The minimum Gasteiger partial charge on any atom is -0.481 e. The zero-order valence-corrected chi connectivity index (χ0v) is 8.91. The Balaban J connectivity index is 2.05. The molecule has 0 aromatic rings. The van der Waals surface area contributed by atoms with Gasteiger partial charge >= 0.3 is 18.1 Å². The van der Waals surface area contributed by atoms with Gasteiger partial charge in [-0.2, -0.15) is 13.2 Å². The fourth-order valence-electron chi connectivity index (χ4n) is 2.69. The van der Waals surface area contributed by atoms with Crippen LogP contribution in [0.4, 0.5) is 13.2 Å². The molecule has 3 aliphatic rings. The van der Waals surface area contributed by atoms with Gasteiger partial charge < -0.3 is 10.0 Å². The molecule has 2 bridgehead atoms. The summed E-state index contributed by atoms with van der Waals surface area (Å²) in [6, 6.07) is -0.348. The van der Waals surface area contributed by atoms with Crippen molar-refractivity contribution in [2.24, 2.45) is 11.8 Å². The molecule has 1 unspecified atom stereocenters. The first-order valence-electron chi connectivity index (χ1n) is 5.38. The highest BCUT2D eigenvalue weighted by Crippen LogP contribution is 2.45. The number of fused-ring (bicyclic) bond motifs is 2. The monoisotopic (exact) mass is 251 g/mol. The molecular formula is C10H12F3NO3. The normalized spacial score (nSPS) is 31.9. The van der Waals surface area contributed by atoms with Crippen LogP contribution in [0.5, 0.6) is 0 Å². The number of carbonyl (C=O) groups is 2. The van der Waals surface area contributed by atoms with Gasteiger partial charge in [0.05, 0.1) is 6.42 Å². The van der Waals surface area contributed by atoms with Crippen LogP contribution in [-0.4, -0.2) is 40.6 Å². The van der Waals surface area contributed by atoms with Crippen molar-refractivity contribution < 1.29 is 27.9 Å². The van der Waals surface area contributed by atoms with E-state index in [0.29, 0.717) is 12.8 Å². The van der Waals surface area contributed by atoms with E-state index < -0.39 is 18.1 Å². The molecule has 0 aromatic heterocycles. The van der Waals surface area contributed by atoms with Crippen molar-refractivity contribution in [1.82, 2.24) is 4.90 Å². The summed E-state index contributed by atoms with van der Waals surface area (Å²) >= 11 is 0. The van der Waals surface area contributed by atoms with E-state index >= 15 is 0 Å². The lowest BCUT2D eigenvalue weighted by Gasteiger charge is -2.53. The topological polar surface area (TPSA) is 57.6 Å². The second kappa shape index (κ2) is 3.89. The summed E-state index contributed by atoms with van der Waals surface area (Å²) in [6.07, 6.45) is -4.03. The van der Waals surface area contributed by atoms with Gasteiger partial charge in [0.15, 0.2) is 0 Å². The molecule has 7 heteroatoms. The zero-order chi connectivity index (χ0) is 12.8. The maximum Gasteiger partial charge on any atom is 0.471 e. The number of hydrogen-bond donors (Lipinski definition) is 1. The Morgan fingerprint density at radius 2 is 1.88 bits per heavy atom. The Hall–Kier alpha value is -1.27. The van der Waals surface area contributed by atoms with Crippen LogP contribution in [0.2, 0.25) is 0 Å². The van der Waals surface area contributed by atoms with Gasteiger partial charge in [0.25, 0.3) is 0 Å². The van der Waals surface area contributed by atoms with Gasteiger partial charge in [-0.1, -0.05) is 0 Å². The smallest absolute Gasteiger partial charge is 0.471 e. The van der Waals surface area contributed by atoms with Crippen LogP contribution in [0.1, 0.15) is 19.3 Å². The second-order valence-electron chi connectivity index (χ2n) is 4.70. The van der Waals surface area contributed by atoms with Crippen molar-refractivity contribution in [3.63, 3.8) is 0 Å². The van der Waals surface area contributed by atoms with E-state index in [1.54, 1.807) is 0 Å². The van der Waals surface area contributed by atoms with Crippen molar-refractivity contribution >= 4 is 11.9 Å². The maximum absolute atomic E-state index is 12.3. The summed E-state index contributed by atoms with van der Waals surface area (Å²) in [4.78, 5) is 22.5. The highest BCUT2D eigenvalue weighted by Gasteiger charge is 2.52. The van der Waals surface area contributed by atoms with Crippen LogP contribution < -0.4 is 0 Å². The van der Waals surface area contributed by atoms with Gasteiger partial charge in [0.1, 0.15) is 0 Å². The second-order valence-corrected chi connectivity index (χ2v) is 4.70. The van der Waals surface area contributed by atoms with Gasteiger partial charge in [-0.25, -0.2) is 0 Å². The molecule has 1 atom stereocenters. The van der Waals surface area contributed by atoms with E-state index in [2.05, 4.69) is 0 Å². The number of carbonyl (C=O) groups excluding carboxylic acids is 1. The molecule has 0 radical (unpaired) electrons. The highest BCUT2D eigenvalue weighted by molar-refractivity contribution is 5.82. The van der Waals surface area contributed by atoms with Gasteiger partial charge in [0, 0.05) is 12.6 Å². The van der Waals surface area contributed by atoms with E-state index in [0.717, 1.165) is 4.90 Å². The third kappa shape index (κ3) is 2.23. The molecule has 3 rings (SSSR count). The minimum absolute atomic E-state index is 0.0834. The third-order valence-electron chi connectivity index (χ3n) is 3.63. The first kappa shape index (κ1) is 12.2. The SMILES string of the molecule is O=C(O)CC1CN(C(=O)C(F)(F)F)C2CC1C2. The molecule has 4 nitrogen and oxygen atoms in total. The summed E-state index contributed by atoms with van der Waals surface area (Å²) < 4.78 is 36.9. The van der Waals surface area contributed by atoms with Crippen LogP contribution in [0.25, 0.3) is 0 Å². The molecule has 1 saturated carbocycles. The molecule has 17 heavy (non-hydrogen) atoms. The van der Waals surface area contributed by atoms with Crippen molar-refractivity contribution in [1.29, 1.82) is 0 Å². The number of alkyl halides is 3. The molecule has 0 aromatic carbocycles. The molecule has 1 amide bonds. The number of halogens is 3. The lowest BCUT2D eigenvalue weighted by atomic mass is 9.66. The molecule has 3 fully saturated rings. The maximum atomic E-state index is 12.3. The zero-order valence-electron chi connectivity index (χ0n) is 8.91. The number of carboxylic acid groups (broad SMARTS) is 1. The number of aliphatic carboxylic acids is 1. The first-order valence-corrected chi connectivity index (χ1v) is 5.38. The Morgan fingerprint density at radius 3 is 2.35 bits per heavy atom. The van der Waals surface area contributed by atoms with Gasteiger partial charge in [-0.3, -0.25) is 9.59 Å². The number of hydrogen-bond acceptors (Lipinski definition) is 2. The van der Waals surface area contributed by atoms with Crippen molar-refractivity contribution in [3.8, 4) is 0 Å². The molecule has 1 N–H and O–H groups in total. The lowest BCUT2D eigenvalue weighted by Crippen LogP contribution is -2.60. The van der Waals surface area contributed by atoms with E-state index in [1.807, 2.05) is 0 Å². The van der Waals surface area contributed by atoms with E-state index in [9.17, 15) is 22.8 Å². The summed E-state index contributed by atoms with van der Waals surface area (Å²) in [6.45, 7) is -0.0834. The molecular weight excluding hydrogens is 239 g/mol. The Morgan fingerprint density at radius 1 is 1.29 bits per heavy atom. The number of amides is 1. The average Bonchev–Trinajstić information content (AvgIpc) is 2.11. The van der Waals surface area contributed by atoms with Crippen LogP contribution in [0, 0.1) is 11.8 Å². The number of carboxylic acids is 1. The predicted molar refractivity (Wildman–Crippen MR) is 50.0 cm³/mol. The van der Waals surface area contributed by atoms with Crippen LogP contribution in [0.15, 0.2) is 0 Å². The standard InChI is InChI=1S/C10H12F3NO3/c11-10(12,13)9(17)14-4-6(3-8(15)16)5-1-7(14)2-5/h5-7H,1-4H2,(H,15,16). The molecule has 0 spiro atoms. The molecule has 2 heterocycles. The predicted octanol–water partition coefficient (Wildman–Crippen LogP) is 1.26. The fourth-order valence-corrected chi connectivity index (χ4v) is 2.69. The lowest BCUT2D eigenvalue weighted by molar-refractivity contribution is -0.197. The quantitative estimate of drug-likeness (QED) is 0.803. The van der Waals surface area contributed by atoms with E-state index in [1.165, 1.54) is 0 Å². The summed E-state index contributed by atoms with van der Waals surface area (Å²) in [5.41, 5.74) is 0. The average molecular weight is 251 g/mol. The third-order valence-corrected chi connectivity index (χ3v) is 3.63. The minimum atomic E-state index is -4.86. The number of nitrogens with zero attached hydrogens (tertiary/aromatic N) is 1. The van der Waals surface area contributed by atoms with Crippen molar-refractivity contribution in [3.05, 3.63) is 0 Å².